The summed E-state index contributed by atoms with van der Waals surface area (Å²) in [6.45, 7) is 10.7. The van der Waals surface area contributed by atoms with Crippen LogP contribution in [0.5, 0.6) is 0 Å². The van der Waals surface area contributed by atoms with Gasteiger partial charge in [0.15, 0.2) is 0 Å². The highest BCUT2D eigenvalue weighted by Crippen LogP contribution is 2.21. The molecule has 1 aromatic rings. The SMILES string of the molecule is CCOC(=O)CCN(CC)CCC(O)c1ccc(C)cc1C. The number of aryl methyl sites for hydroxylation is 2. The van der Waals surface area contributed by atoms with Crippen LogP contribution in [0.4, 0.5) is 0 Å². The van der Waals surface area contributed by atoms with Crippen molar-refractivity contribution in [3.05, 3.63) is 34.9 Å². The van der Waals surface area contributed by atoms with Gasteiger partial charge < -0.3 is 14.7 Å². The molecule has 124 valence electrons. The summed E-state index contributed by atoms with van der Waals surface area (Å²) in [7, 11) is 0. The van der Waals surface area contributed by atoms with Crippen molar-refractivity contribution in [2.45, 2.75) is 46.6 Å². The average molecular weight is 307 g/mol. The molecule has 0 aliphatic rings. The topological polar surface area (TPSA) is 49.8 Å². The largest absolute Gasteiger partial charge is 0.466 e. The number of carbonyl (C=O) groups is 1. The first-order valence-corrected chi connectivity index (χ1v) is 8.11. The fraction of sp³-hybridized carbons (Fsp3) is 0.611. The zero-order chi connectivity index (χ0) is 16.5. The van der Waals surface area contributed by atoms with Crippen molar-refractivity contribution in [2.75, 3.05) is 26.2 Å². The smallest absolute Gasteiger partial charge is 0.307 e. The number of esters is 1. The second-order valence-electron chi connectivity index (χ2n) is 5.65. The highest BCUT2D eigenvalue weighted by Gasteiger charge is 2.13. The van der Waals surface area contributed by atoms with Gasteiger partial charge in [-0.25, -0.2) is 0 Å². The van der Waals surface area contributed by atoms with Gasteiger partial charge in [-0.15, -0.1) is 0 Å². The Hall–Kier alpha value is -1.39. The molecule has 0 bridgehead atoms. The van der Waals surface area contributed by atoms with Crippen molar-refractivity contribution in [1.29, 1.82) is 0 Å². The van der Waals surface area contributed by atoms with Crippen LogP contribution >= 0.6 is 0 Å². The van der Waals surface area contributed by atoms with E-state index in [2.05, 4.69) is 24.8 Å². The molecule has 4 nitrogen and oxygen atoms in total. The lowest BCUT2D eigenvalue weighted by atomic mass is 9.99. The van der Waals surface area contributed by atoms with Crippen molar-refractivity contribution in [3.8, 4) is 0 Å². The number of benzene rings is 1. The summed E-state index contributed by atoms with van der Waals surface area (Å²) in [6, 6.07) is 6.13. The predicted molar refractivity (Wildman–Crippen MR) is 88.9 cm³/mol. The minimum Gasteiger partial charge on any atom is -0.466 e. The lowest BCUT2D eigenvalue weighted by molar-refractivity contribution is -0.143. The highest BCUT2D eigenvalue weighted by molar-refractivity contribution is 5.69. The van der Waals surface area contributed by atoms with Gasteiger partial charge in [0.2, 0.25) is 0 Å². The summed E-state index contributed by atoms with van der Waals surface area (Å²) >= 11 is 0. The van der Waals surface area contributed by atoms with Gasteiger partial charge in [-0.1, -0.05) is 30.7 Å². The number of hydrogen-bond acceptors (Lipinski definition) is 4. The fourth-order valence-corrected chi connectivity index (χ4v) is 2.57. The van der Waals surface area contributed by atoms with E-state index in [1.54, 1.807) is 0 Å². The van der Waals surface area contributed by atoms with E-state index >= 15 is 0 Å². The van der Waals surface area contributed by atoms with Gasteiger partial charge >= 0.3 is 5.97 Å². The molecule has 0 aliphatic carbocycles. The van der Waals surface area contributed by atoms with E-state index in [1.807, 2.05) is 26.0 Å². The molecule has 1 aromatic carbocycles. The number of nitrogens with zero attached hydrogens (tertiary/aromatic N) is 1. The van der Waals surface area contributed by atoms with Crippen LogP contribution in [0.15, 0.2) is 18.2 Å². The molecule has 0 aliphatic heterocycles. The van der Waals surface area contributed by atoms with Gasteiger partial charge in [0.05, 0.1) is 19.1 Å². The van der Waals surface area contributed by atoms with Gasteiger partial charge in [-0.2, -0.15) is 0 Å². The van der Waals surface area contributed by atoms with E-state index in [0.717, 1.165) is 24.2 Å². The molecule has 0 amide bonds. The Kier molecular flexibility index (Phi) is 8.13. The monoisotopic (exact) mass is 307 g/mol. The number of hydrogen-bond donors (Lipinski definition) is 1. The van der Waals surface area contributed by atoms with Crippen molar-refractivity contribution in [2.24, 2.45) is 0 Å². The molecule has 1 N–H and O–H groups in total. The van der Waals surface area contributed by atoms with Crippen molar-refractivity contribution in [1.82, 2.24) is 4.90 Å². The lowest BCUT2D eigenvalue weighted by Gasteiger charge is -2.22. The molecule has 1 rings (SSSR count). The normalized spacial score (nSPS) is 12.5. The van der Waals surface area contributed by atoms with E-state index in [4.69, 9.17) is 4.74 Å². The first-order chi connectivity index (χ1) is 10.5. The van der Waals surface area contributed by atoms with Gasteiger partial charge in [0.1, 0.15) is 0 Å². The van der Waals surface area contributed by atoms with Crippen LogP contribution in [0.1, 0.15) is 49.5 Å². The number of carbonyl (C=O) groups excluding carboxylic acids is 1. The minimum absolute atomic E-state index is 0.157. The van der Waals surface area contributed by atoms with E-state index in [0.29, 0.717) is 26.0 Å². The Morgan fingerprint density at radius 2 is 2.00 bits per heavy atom. The Morgan fingerprint density at radius 1 is 1.27 bits per heavy atom. The van der Waals surface area contributed by atoms with Crippen LogP contribution in [0.2, 0.25) is 0 Å². The molecular weight excluding hydrogens is 278 g/mol. The summed E-state index contributed by atoms with van der Waals surface area (Å²) in [5.74, 6) is -0.157. The molecule has 0 saturated heterocycles. The molecule has 0 radical (unpaired) electrons. The standard InChI is InChI=1S/C18H29NO3/c1-5-19(12-10-18(21)22-6-2)11-9-17(20)16-8-7-14(3)13-15(16)4/h7-8,13,17,20H,5-6,9-12H2,1-4H3. The van der Waals surface area contributed by atoms with E-state index < -0.39 is 6.10 Å². The summed E-state index contributed by atoms with van der Waals surface area (Å²) in [5, 5.41) is 10.4. The molecular formula is C18H29NO3. The second kappa shape index (κ2) is 9.59. The summed E-state index contributed by atoms with van der Waals surface area (Å²) in [5.41, 5.74) is 3.33. The number of aliphatic hydroxyl groups excluding tert-OH is 1. The fourth-order valence-electron chi connectivity index (χ4n) is 2.57. The molecule has 1 atom stereocenters. The van der Waals surface area contributed by atoms with Crippen LogP contribution in [-0.4, -0.2) is 42.2 Å². The zero-order valence-corrected chi connectivity index (χ0v) is 14.3. The summed E-state index contributed by atoms with van der Waals surface area (Å²) in [6.07, 6.45) is 0.610. The lowest BCUT2D eigenvalue weighted by Crippen LogP contribution is -2.28. The van der Waals surface area contributed by atoms with Gasteiger partial charge in [-0.05, 0) is 44.9 Å². The molecule has 0 spiro atoms. The van der Waals surface area contributed by atoms with Gasteiger partial charge in [0, 0.05) is 13.1 Å². The third-order valence-corrected chi connectivity index (χ3v) is 3.89. The molecule has 0 aromatic heterocycles. The summed E-state index contributed by atoms with van der Waals surface area (Å²) in [4.78, 5) is 13.6. The van der Waals surface area contributed by atoms with Crippen molar-refractivity contribution >= 4 is 5.97 Å². The maximum atomic E-state index is 11.4. The van der Waals surface area contributed by atoms with Crippen molar-refractivity contribution < 1.29 is 14.6 Å². The third kappa shape index (κ3) is 6.16. The molecule has 0 saturated carbocycles. The maximum absolute atomic E-state index is 11.4. The van der Waals surface area contributed by atoms with Crippen LogP contribution in [0, 0.1) is 13.8 Å². The van der Waals surface area contributed by atoms with Crippen molar-refractivity contribution in [3.63, 3.8) is 0 Å². The van der Waals surface area contributed by atoms with Crippen LogP contribution in [-0.2, 0) is 9.53 Å². The highest BCUT2D eigenvalue weighted by atomic mass is 16.5. The Labute approximate surface area is 134 Å². The van der Waals surface area contributed by atoms with Gasteiger partial charge in [0.25, 0.3) is 0 Å². The average Bonchev–Trinajstić information content (AvgIpc) is 2.47. The first-order valence-electron chi connectivity index (χ1n) is 8.11. The number of rotatable bonds is 9. The zero-order valence-electron chi connectivity index (χ0n) is 14.3. The third-order valence-electron chi connectivity index (χ3n) is 3.89. The number of ether oxygens (including phenoxy) is 1. The van der Waals surface area contributed by atoms with E-state index in [9.17, 15) is 9.90 Å². The van der Waals surface area contributed by atoms with E-state index in [1.165, 1.54) is 5.56 Å². The molecule has 4 heteroatoms. The Bertz CT molecular complexity index is 473. The van der Waals surface area contributed by atoms with Crippen LogP contribution < -0.4 is 0 Å². The summed E-state index contributed by atoms with van der Waals surface area (Å²) < 4.78 is 4.94. The van der Waals surface area contributed by atoms with Crippen LogP contribution in [0.25, 0.3) is 0 Å². The van der Waals surface area contributed by atoms with Gasteiger partial charge in [-0.3, -0.25) is 4.79 Å². The minimum atomic E-state index is -0.461. The molecule has 0 heterocycles. The number of aliphatic hydroxyl groups is 1. The van der Waals surface area contributed by atoms with Crippen LogP contribution in [0.3, 0.4) is 0 Å². The van der Waals surface area contributed by atoms with E-state index in [-0.39, 0.29) is 5.97 Å². The quantitative estimate of drug-likeness (QED) is 0.713. The second-order valence-corrected chi connectivity index (χ2v) is 5.65. The molecule has 1 unspecified atom stereocenters. The maximum Gasteiger partial charge on any atom is 0.307 e. The predicted octanol–water partition coefficient (Wildman–Crippen LogP) is 3.00. The molecule has 22 heavy (non-hydrogen) atoms. The molecule has 0 fully saturated rings. The first kappa shape index (κ1) is 18.7. The Morgan fingerprint density at radius 3 is 2.59 bits per heavy atom. The Balaban J connectivity index is 2.46.